The number of hydrogen-bond acceptors (Lipinski definition) is 5. The number of fused-ring (bicyclic) bond motifs is 1. The summed E-state index contributed by atoms with van der Waals surface area (Å²) in [5.41, 5.74) is 9.91. The molecular weight excluding hydrogens is 260 g/mol. The summed E-state index contributed by atoms with van der Waals surface area (Å²) in [4.78, 5) is 8.40. The molecule has 0 saturated carbocycles. The van der Waals surface area contributed by atoms with Crippen molar-refractivity contribution >= 4 is 40.5 Å². The Hall–Kier alpha value is -1.79. The summed E-state index contributed by atoms with van der Waals surface area (Å²) in [6, 6.07) is 5.17. The van der Waals surface area contributed by atoms with Crippen LogP contribution >= 0.6 is 23.7 Å². The van der Waals surface area contributed by atoms with Crippen molar-refractivity contribution in [3.63, 3.8) is 0 Å². The molecule has 0 atom stereocenters. The van der Waals surface area contributed by atoms with E-state index in [4.69, 9.17) is 5.73 Å². The minimum Gasteiger partial charge on any atom is -0.426 e. The zero-order valence-corrected chi connectivity index (χ0v) is 10.2. The van der Waals surface area contributed by atoms with Gasteiger partial charge in [-0.2, -0.15) is 4.73 Å². The molecule has 88 valence electrons. The number of hydrogen-bond donors (Lipinski definition) is 2. The van der Waals surface area contributed by atoms with Crippen LogP contribution in [-0.2, 0) is 0 Å². The van der Waals surface area contributed by atoms with Gasteiger partial charge >= 0.3 is 0 Å². The zero-order chi connectivity index (χ0) is 11.1. The summed E-state index contributed by atoms with van der Waals surface area (Å²) >= 11 is 1.46. The first-order valence-corrected chi connectivity index (χ1v) is 5.56. The Balaban J connectivity index is 0.00000108. The van der Waals surface area contributed by atoms with E-state index in [1.807, 2.05) is 5.38 Å². The van der Waals surface area contributed by atoms with Crippen LogP contribution in [0.2, 0.25) is 0 Å². The van der Waals surface area contributed by atoms with E-state index >= 15 is 0 Å². The molecule has 0 aliphatic carbocycles. The Labute approximate surface area is 107 Å². The van der Waals surface area contributed by atoms with E-state index < -0.39 is 0 Å². The van der Waals surface area contributed by atoms with E-state index in [0.29, 0.717) is 28.2 Å². The molecule has 0 radical (unpaired) electrons. The highest BCUT2D eigenvalue weighted by molar-refractivity contribution is 7.07. The van der Waals surface area contributed by atoms with Crippen molar-refractivity contribution in [3.8, 4) is 11.5 Å². The van der Waals surface area contributed by atoms with Gasteiger partial charge in [0.2, 0.25) is 0 Å². The molecule has 0 unspecified atom stereocenters. The standard InChI is InChI=1S/C10H8N4OS.ClH/c11-6-1-2-9-7(3-6)13-10(14(9)15)8-4-16-5-12-8;/h1-5,15H,11H2;1H. The average molecular weight is 269 g/mol. The lowest BCUT2D eigenvalue weighted by molar-refractivity contribution is 0.203. The van der Waals surface area contributed by atoms with E-state index in [9.17, 15) is 5.21 Å². The molecule has 0 saturated heterocycles. The summed E-state index contributed by atoms with van der Waals surface area (Å²) < 4.78 is 1.03. The summed E-state index contributed by atoms with van der Waals surface area (Å²) in [6.07, 6.45) is 0. The van der Waals surface area contributed by atoms with Gasteiger partial charge < -0.3 is 10.9 Å². The molecule has 3 aromatic rings. The third-order valence-electron chi connectivity index (χ3n) is 2.32. The lowest BCUT2D eigenvalue weighted by Gasteiger charge is -1.96. The van der Waals surface area contributed by atoms with Gasteiger partial charge in [0.05, 0.1) is 11.0 Å². The van der Waals surface area contributed by atoms with Crippen LogP contribution in [0.1, 0.15) is 0 Å². The Morgan fingerprint density at radius 2 is 2.18 bits per heavy atom. The second-order valence-corrected chi connectivity index (χ2v) is 4.09. The van der Waals surface area contributed by atoms with Crippen LogP contribution in [0.25, 0.3) is 22.6 Å². The number of nitrogens with zero attached hydrogens (tertiary/aromatic N) is 3. The monoisotopic (exact) mass is 268 g/mol. The van der Waals surface area contributed by atoms with E-state index in [1.54, 1.807) is 23.7 Å². The lowest BCUT2D eigenvalue weighted by atomic mass is 10.3. The number of thiazole rings is 1. The zero-order valence-electron chi connectivity index (χ0n) is 8.57. The second-order valence-electron chi connectivity index (χ2n) is 3.37. The minimum atomic E-state index is 0. The van der Waals surface area contributed by atoms with Gasteiger partial charge in [-0.15, -0.1) is 23.7 Å². The Morgan fingerprint density at radius 1 is 1.35 bits per heavy atom. The predicted molar refractivity (Wildman–Crippen MR) is 69.7 cm³/mol. The van der Waals surface area contributed by atoms with Crippen molar-refractivity contribution in [2.24, 2.45) is 0 Å². The molecule has 0 fully saturated rings. The molecule has 2 heterocycles. The summed E-state index contributed by atoms with van der Waals surface area (Å²) in [7, 11) is 0. The molecule has 0 spiro atoms. The van der Waals surface area contributed by atoms with E-state index in [1.165, 1.54) is 11.3 Å². The van der Waals surface area contributed by atoms with Crippen LogP contribution in [0.3, 0.4) is 0 Å². The molecule has 7 heteroatoms. The maximum Gasteiger partial charge on any atom is 0.196 e. The second kappa shape index (κ2) is 4.23. The predicted octanol–water partition coefficient (Wildman–Crippen LogP) is 2.40. The van der Waals surface area contributed by atoms with E-state index in [-0.39, 0.29) is 12.4 Å². The van der Waals surface area contributed by atoms with E-state index in [0.717, 1.165) is 4.73 Å². The van der Waals surface area contributed by atoms with Crippen molar-refractivity contribution in [2.45, 2.75) is 0 Å². The Morgan fingerprint density at radius 3 is 2.88 bits per heavy atom. The van der Waals surface area contributed by atoms with Gasteiger partial charge in [-0.05, 0) is 18.2 Å². The molecule has 17 heavy (non-hydrogen) atoms. The number of benzene rings is 1. The molecule has 3 N–H and O–H groups in total. The third kappa shape index (κ3) is 1.81. The number of nitrogens with two attached hydrogens (primary N) is 1. The highest BCUT2D eigenvalue weighted by atomic mass is 35.5. The summed E-state index contributed by atoms with van der Waals surface area (Å²) in [5.74, 6) is 0.432. The van der Waals surface area contributed by atoms with Crippen LogP contribution < -0.4 is 5.73 Å². The molecule has 0 amide bonds. The smallest absolute Gasteiger partial charge is 0.196 e. The Bertz CT molecular complexity index is 650. The van der Waals surface area contributed by atoms with Gasteiger partial charge in [-0.25, -0.2) is 9.97 Å². The molecular formula is C10H9ClN4OS. The van der Waals surface area contributed by atoms with Crippen molar-refractivity contribution in [1.29, 1.82) is 0 Å². The van der Waals surface area contributed by atoms with Crippen molar-refractivity contribution < 1.29 is 5.21 Å². The highest BCUT2D eigenvalue weighted by Crippen LogP contribution is 2.24. The first-order valence-electron chi connectivity index (χ1n) is 4.61. The fraction of sp³-hybridized carbons (Fsp3) is 0. The minimum absolute atomic E-state index is 0. The fourth-order valence-electron chi connectivity index (χ4n) is 1.57. The highest BCUT2D eigenvalue weighted by Gasteiger charge is 2.13. The maximum atomic E-state index is 9.93. The quantitative estimate of drug-likeness (QED) is 0.525. The largest absolute Gasteiger partial charge is 0.426 e. The molecule has 2 aromatic heterocycles. The fourth-order valence-corrected chi connectivity index (χ4v) is 2.10. The number of rotatable bonds is 1. The van der Waals surface area contributed by atoms with Crippen LogP contribution in [0, 0.1) is 0 Å². The maximum absolute atomic E-state index is 9.93. The number of aromatic nitrogens is 3. The molecule has 3 rings (SSSR count). The SMILES string of the molecule is Cl.Nc1ccc2c(c1)nc(-c1cscn1)n2O. The van der Waals surface area contributed by atoms with Crippen LogP contribution in [0.5, 0.6) is 0 Å². The molecule has 0 aliphatic heterocycles. The number of halogens is 1. The molecule has 0 aliphatic rings. The molecule has 5 nitrogen and oxygen atoms in total. The molecule has 1 aromatic carbocycles. The van der Waals surface area contributed by atoms with Crippen molar-refractivity contribution in [2.75, 3.05) is 5.73 Å². The number of anilines is 1. The van der Waals surface area contributed by atoms with Gasteiger partial charge in [-0.3, -0.25) is 0 Å². The van der Waals surface area contributed by atoms with Crippen LogP contribution in [-0.4, -0.2) is 19.9 Å². The normalized spacial score (nSPS) is 10.4. The average Bonchev–Trinajstić information content (AvgIpc) is 2.86. The molecule has 0 bridgehead atoms. The third-order valence-corrected chi connectivity index (χ3v) is 2.90. The van der Waals surface area contributed by atoms with Crippen LogP contribution in [0.4, 0.5) is 5.69 Å². The lowest BCUT2D eigenvalue weighted by Crippen LogP contribution is -1.93. The number of imidazole rings is 1. The van der Waals surface area contributed by atoms with Crippen molar-refractivity contribution in [3.05, 3.63) is 29.1 Å². The summed E-state index contributed by atoms with van der Waals surface area (Å²) in [5, 5.41) is 11.8. The first-order chi connectivity index (χ1) is 7.75. The van der Waals surface area contributed by atoms with Crippen molar-refractivity contribution in [1.82, 2.24) is 14.7 Å². The first kappa shape index (κ1) is 11.7. The number of nitrogen functional groups attached to an aromatic ring is 1. The topological polar surface area (TPSA) is 77.0 Å². The van der Waals surface area contributed by atoms with Gasteiger partial charge in [0.15, 0.2) is 5.82 Å². The van der Waals surface area contributed by atoms with E-state index in [2.05, 4.69) is 9.97 Å². The van der Waals surface area contributed by atoms with Gasteiger partial charge in [0, 0.05) is 11.1 Å². The van der Waals surface area contributed by atoms with Crippen LogP contribution in [0.15, 0.2) is 29.1 Å². The summed E-state index contributed by atoms with van der Waals surface area (Å²) in [6.45, 7) is 0. The Kier molecular flexibility index (Phi) is 2.91. The van der Waals surface area contributed by atoms with Gasteiger partial charge in [0.25, 0.3) is 0 Å². The van der Waals surface area contributed by atoms with Gasteiger partial charge in [-0.1, -0.05) is 0 Å². The van der Waals surface area contributed by atoms with Gasteiger partial charge in [0.1, 0.15) is 11.2 Å².